The Morgan fingerprint density at radius 2 is 0.728 bits per heavy atom. The van der Waals surface area contributed by atoms with E-state index in [4.69, 9.17) is 41.0 Å². The van der Waals surface area contributed by atoms with Crippen LogP contribution in [0.4, 0.5) is 17.1 Å². The van der Waals surface area contributed by atoms with Crippen molar-refractivity contribution in [3.05, 3.63) is 305 Å². The zero-order valence-corrected chi connectivity index (χ0v) is 81.8. The molecule has 6 amide bonds. The number of likely N-dealkylation sites (N-methyl/N-ethyl adjacent to an activating group) is 3. The fourth-order valence-electron chi connectivity index (χ4n) is 22.5. The average Bonchev–Trinajstić information content (AvgIpc) is 1.49. The van der Waals surface area contributed by atoms with E-state index in [9.17, 15) is 36.0 Å². The molecule has 0 unspecified atom stereocenters. The number of ether oxygens (including phenoxy) is 6. The molecule has 9 aromatic rings. The number of thiol groups is 1. The second kappa shape index (κ2) is 36.7. The van der Waals surface area contributed by atoms with Gasteiger partial charge in [0.2, 0.25) is 0 Å². The number of methoxy groups -OCH3 is 3. The van der Waals surface area contributed by atoms with Gasteiger partial charge in [0.15, 0.2) is 30.7 Å². The molecular formula is C100H101N9O18S9. The van der Waals surface area contributed by atoms with Crippen LogP contribution in [0.25, 0.3) is 16.7 Å². The van der Waals surface area contributed by atoms with Crippen molar-refractivity contribution in [3.8, 4) is 0 Å². The number of para-hydroxylation sites is 3. The number of carbonyl (C=O) groups excluding carboxylic acids is 6. The van der Waals surface area contributed by atoms with E-state index >= 15 is 18.0 Å². The van der Waals surface area contributed by atoms with Crippen LogP contribution in [0.2, 0.25) is 0 Å². The van der Waals surface area contributed by atoms with Crippen LogP contribution in [0.15, 0.2) is 270 Å². The lowest BCUT2D eigenvalue weighted by Crippen LogP contribution is -2.72. The molecule has 3 aliphatic carbocycles. The SMILES string of the molecule is C.CN1C(=O)[C@@]23C[C@]4(C5=CCc6ccccc65)c5ccccc5N(S(=O)(=O)c5ccccc5)[C@@H]4N2C(=O)[C@@H]1SS3.COCCOCS[C@H]1C(=O)N2[C@H]3N(S(=O)(=O)c4ccccc4)c4ccccc4[C@@]3(C3=CCc4ccccc43)C[C@]2(S)C(=O)N1C.COCCOCS[C@H]1C(=O)N2[C@H]3N(S(=O)(=O)c4ccccc4)c4ccccc4[C@@]3(C3=CCc4ccccc43)C[C@]2(SCOCCOC)C(=O)N1C. The second-order valence-corrected chi connectivity index (χ2v) is 46.9. The lowest BCUT2D eigenvalue weighted by molar-refractivity contribution is -0.158. The molecular weight excluding hydrogens is 1900 g/mol. The number of sulfonamides is 3. The topological polar surface area (TPSA) is 289 Å². The van der Waals surface area contributed by atoms with Gasteiger partial charge in [-0.3, -0.25) is 43.5 Å². The minimum Gasteiger partial charge on any atom is -0.382 e. The Balaban J connectivity index is 0.000000131. The molecule has 8 fully saturated rings. The smallest absolute Gasteiger partial charge is 0.266 e. The molecule has 11 aliphatic heterocycles. The number of benzene rings is 9. The third-order valence-corrected chi connectivity index (χ3v) is 40.8. The summed E-state index contributed by atoms with van der Waals surface area (Å²) in [6, 6.07) is 71.5. The fourth-order valence-corrected chi connectivity index (χ4v) is 34.8. The van der Waals surface area contributed by atoms with E-state index in [2.05, 4.69) is 42.5 Å². The number of hydrogen-bond acceptors (Lipinski definition) is 24. The molecule has 9 aromatic carbocycles. The molecule has 14 aliphatic rings. The van der Waals surface area contributed by atoms with Crippen LogP contribution in [-0.4, -0.2) is 239 Å². The van der Waals surface area contributed by atoms with Gasteiger partial charge in [-0.25, -0.2) is 38.2 Å². The van der Waals surface area contributed by atoms with Crippen LogP contribution < -0.4 is 12.9 Å². The summed E-state index contributed by atoms with van der Waals surface area (Å²) in [4.78, 5) is 92.8. The summed E-state index contributed by atoms with van der Waals surface area (Å²) in [5.74, 6) is -1.45. The summed E-state index contributed by atoms with van der Waals surface area (Å²) in [7, 11) is -0.153. The van der Waals surface area contributed by atoms with Gasteiger partial charge in [-0.05, 0) is 141 Å². The van der Waals surface area contributed by atoms with Crippen molar-refractivity contribution < 1.29 is 82.4 Å². The summed E-state index contributed by atoms with van der Waals surface area (Å²) in [6.45, 7) is 2.08. The first-order valence-corrected chi connectivity index (χ1v) is 54.2. The maximum Gasteiger partial charge on any atom is 0.266 e. The van der Waals surface area contributed by atoms with E-state index in [-0.39, 0.29) is 82.3 Å². The van der Waals surface area contributed by atoms with Crippen LogP contribution in [0.5, 0.6) is 0 Å². The van der Waals surface area contributed by atoms with E-state index < -0.39 is 101 Å². The molecule has 23 rings (SSSR count). The molecule has 36 heteroatoms. The third kappa shape index (κ3) is 14.3. The number of piperazine rings is 3. The standard InChI is InChI=1S/C37H41N3O8S3.C33H33N3O6S3.C29H23N3O4S3.CH4/c1-38-33(49-24-47-21-19-45-2)32(41)39-34-36(29-18-17-26-11-7-8-14-28(26)29,23-37(39,35(38)42)50-25-48-22-20-46-3)30-15-9-10-16-31(30)40(34)51(43,44)27-12-5-4-6-13-27;1-34-29(44-21-42-19-18-41-2)28(37)35-30-32(20-33(35,43)31(34)38,25-17-16-22-10-6-7-13-24(22)25)26-14-8-9-15-27(26)36(30)45(39,40)23-11-4-3-5-12-23;1-30-25-24(33)31-26-28(17-29(31,27(30)34)38-37-25,21-16-15-18-9-5-6-12-20(18)21)22-13-7-8-14-23(22)32(26)39(35,36)19-10-3-2-4-11-19;/h4-16,18,33-34H,17,19-25H2,1-3H3;3-15,17,29-30,43H,16,18-21H2,1-2H3;2-14,16,25-26H,15,17H2,1H3;1H4/t33-,34-,36-,37-;29-,30-,32-,33-;25-,26-,28-,29-;/m000./s1. The van der Waals surface area contributed by atoms with Crippen molar-refractivity contribution in [1.29, 1.82) is 0 Å². The summed E-state index contributed by atoms with van der Waals surface area (Å²) in [6.07, 6.45) is 5.88. The predicted molar refractivity (Wildman–Crippen MR) is 532 cm³/mol. The van der Waals surface area contributed by atoms with Crippen molar-refractivity contribution >= 4 is 169 Å². The molecule has 11 heterocycles. The monoisotopic (exact) mass is 2000 g/mol. The Hall–Kier alpha value is -9.87. The number of nitrogens with zero attached hydrogens (tertiary/aromatic N) is 9. The first-order valence-electron chi connectivity index (χ1n) is 44.1. The molecule has 708 valence electrons. The van der Waals surface area contributed by atoms with Crippen LogP contribution in [0.1, 0.15) is 76.8 Å². The van der Waals surface area contributed by atoms with Crippen LogP contribution >= 0.6 is 69.5 Å². The maximum atomic E-state index is 15.2. The molecule has 0 saturated carbocycles. The normalized spacial score (nSPS) is 27.0. The van der Waals surface area contributed by atoms with E-state index in [1.54, 1.807) is 161 Å². The molecule has 0 aromatic heterocycles. The summed E-state index contributed by atoms with van der Waals surface area (Å²) in [5.41, 5.74) is 9.93. The zero-order valence-electron chi connectivity index (χ0n) is 74.4. The molecule has 8 saturated heterocycles. The van der Waals surface area contributed by atoms with E-state index in [0.717, 1.165) is 66.8 Å². The van der Waals surface area contributed by atoms with Crippen molar-refractivity contribution in [2.24, 2.45) is 0 Å². The molecule has 27 nitrogen and oxygen atoms in total. The quantitative estimate of drug-likeness (QED) is 0.0216. The lowest BCUT2D eigenvalue weighted by atomic mass is 9.70. The number of thioether (sulfide) groups is 3. The number of rotatable bonds is 27. The van der Waals surface area contributed by atoms with Crippen LogP contribution in [0.3, 0.4) is 0 Å². The third-order valence-electron chi connectivity index (χ3n) is 28.1. The highest BCUT2D eigenvalue weighted by atomic mass is 33.1. The van der Waals surface area contributed by atoms with Crippen molar-refractivity contribution in [1.82, 2.24) is 29.4 Å². The van der Waals surface area contributed by atoms with Gasteiger partial charge in [0.25, 0.3) is 65.5 Å². The Kier molecular flexibility index (Phi) is 25.7. The average molecular weight is 2010 g/mol. The molecule has 2 bridgehead atoms. The van der Waals surface area contributed by atoms with Crippen molar-refractivity contribution in [2.45, 2.75) is 126 Å². The lowest BCUT2D eigenvalue weighted by Gasteiger charge is -2.53. The summed E-state index contributed by atoms with van der Waals surface area (Å²) >= 11 is 8.64. The Morgan fingerprint density at radius 3 is 1.15 bits per heavy atom. The zero-order chi connectivity index (χ0) is 94.1. The van der Waals surface area contributed by atoms with Gasteiger partial charge in [0.05, 0.1) is 105 Å². The number of hydrogen-bond donors (Lipinski definition) is 1. The van der Waals surface area contributed by atoms with Gasteiger partial charge in [0.1, 0.15) is 18.5 Å². The highest BCUT2D eigenvalue weighted by Gasteiger charge is 2.80. The largest absolute Gasteiger partial charge is 0.382 e. The summed E-state index contributed by atoms with van der Waals surface area (Å²) in [5, 5.41) is -2.60. The van der Waals surface area contributed by atoms with Crippen LogP contribution in [0, 0.1) is 0 Å². The van der Waals surface area contributed by atoms with Gasteiger partial charge >= 0.3 is 0 Å². The predicted octanol–water partition coefficient (Wildman–Crippen LogP) is 13.5. The van der Waals surface area contributed by atoms with Crippen molar-refractivity contribution in [2.75, 3.05) is 113 Å². The Labute approximate surface area is 817 Å². The molecule has 0 N–H and O–H groups in total. The Morgan fingerprint density at radius 1 is 0.382 bits per heavy atom. The van der Waals surface area contributed by atoms with Gasteiger partial charge in [-0.2, -0.15) is 0 Å². The number of fused-ring (bicyclic) bond motifs is 18. The second-order valence-electron chi connectivity index (χ2n) is 34.9. The van der Waals surface area contributed by atoms with E-state index in [1.807, 2.05) is 103 Å². The number of carbonyl (C=O) groups is 6. The molecule has 12 atom stereocenters. The number of anilines is 3. The minimum absolute atomic E-state index is 0. The van der Waals surface area contributed by atoms with Gasteiger partial charge < -0.3 is 43.1 Å². The highest BCUT2D eigenvalue weighted by Crippen LogP contribution is 2.73. The van der Waals surface area contributed by atoms with Gasteiger partial charge in [0, 0.05) is 61.7 Å². The first-order chi connectivity index (χ1) is 65.2. The van der Waals surface area contributed by atoms with E-state index in [0.29, 0.717) is 82.4 Å². The maximum absolute atomic E-state index is 15.2. The number of amides is 6. The number of allylic oxidation sites excluding steroid dienone is 3. The molecule has 1 spiro atoms. The van der Waals surface area contributed by atoms with E-state index in [1.165, 1.54) is 89.4 Å². The minimum atomic E-state index is -4.28. The Bertz CT molecular complexity index is 6750. The van der Waals surface area contributed by atoms with Crippen molar-refractivity contribution in [3.63, 3.8) is 0 Å². The van der Waals surface area contributed by atoms with Gasteiger partial charge in [-0.1, -0.05) is 265 Å². The fraction of sp³-hybridized carbons (Fsp3) is 0.340. The molecule has 0 radical (unpaired) electrons. The summed E-state index contributed by atoms with van der Waals surface area (Å²) < 4.78 is 126. The molecule has 136 heavy (non-hydrogen) atoms. The first kappa shape index (κ1) is 95.1. The van der Waals surface area contributed by atoms with Crippen LogP contribution in [-0.2, 0) is 123 Å². The highest BCUT2D eigenvalue weighted by molar-refractivity contribution is 8.78. The van der Waals surface area contributed by atoms with Gasteiger partial charge in [-0.15, -0.1) is 12.6 Å².